The highest BCUT2D eigenvalue weighted by molar-refractivity contribution is 5.45. The highest BCUT2D eigenvalue weighted by atomic mass is 15.2. The van der Waals surface area contributed by atoms with Crippen LogP contribution >= 0.6 is 0 Å². The second kappa shape index (κ2) is 8.64. The van der Waals surface area contributed by atoms with E-state index in [9.17, 15) is 0 Å². The molecule has 1 rings (SSSR count). The van der Waals surface area contributed by atoms with Crippen molar-refractivity contribution in [2.45, 2.75) is 33.2 Å². The van der Waals surface area contributed by atoms with Crippen molar-refractivity contribution in [3.63, 3.8) is 0 Å². The van der Waals surface area contributed by atoms with Crippen molar-refractivity contribution in [2.24, 2.45) is 0 Å². The van der Waals surface area contributed by atoms with Crippen LogP contribution in [0.3, 0.4) is 0 Å². The molecule has 4 nitrogen and oxygen atoms in total. The van der Waals surface area contributed by atoms with Gasteiger partial charge in [-0.1, -0.05) is 19.9 Å². The van der Waals surface area contributed by atoms with Crippen LogP contribution in [0.25, 0.3) is 0 Å². The number of rotatable bonds is 9. The maximum atomic E-state index is 4.42. The summed E-state index contributed by atoms with van der Waals surface area (Å²) in [6, 6.07) is 0. The molecule has 0 aliphatic rings. The quantitative estimate of drug-likeness (QED) is 0.538. The lowest BCUT2D eigenvalue weighted by molar-refractivity contribution is 0.667. The first-order valence-corrected chi connectivity index (χ1v) is 6.68. The molecule has 0 fully saturated rings. The van der Waals surface area contributed by atoms with Crippen LogP contribution < -0.4 is 10.2 Å². The molecule has 1 heterocycles. The van der Waals surface area contributed by atoms with Gasteiger partial charge in [0.25, 0.3) is 0 Å². The monoisotopic (exact) mass is 248 g/mol. The molecule has 0 saturated carbocycles. The fraction of sp³-hybridized carbons (Fsp3) is 0.571. The zero-order valence-corrected chi connectivity index (χ0v) is 11.5. The summed E-state index contributed by atoms with van der Waals surface area (Å²) in [6.07, 6.45) is 7.66. The number of nitrogens with zero attached hydrogens (tertiary/aromatic N) is 3. The summed E-state index contributed by atoms with van der Waals surface area (Å²) in [6.45, 7) is 11.8. The molecule has 0 aliphatic heterocycles. The molecule has 18 heavy (non-hydrogen) atoms. The predicted octanol–water partition coefficient (Wildman–Crippen LogP) is 2.38. The van der Waals surface area contributed by atoms with Crippen LogP contribution in [0.2, 0.25) is 0 Å². The fourth-order valence-corrected chi connectivity index (χ4v) is 1.87. The Morgan fingerprint density at radius 1 is 1.39 bits per heavy atom. The minimum absolute atomic E-state index is 0.821. The number of anilines is 1. The summed E-state index contributed by atoms with van der Waals surface area (Å²) in [5.74, 6) is 1.02. The molecular formula is C14H24N4. The van der Waals surface area contributed by atoms with E-state index in [0.717, 1.165) is 50.4 Å². The largest absolute Gasteiger partial charge is 0.353 e. The number of nitrogens with one attached hydrogen (secondary N) is 1. The number of hydrogen-bond acceptors (Lipinski definition) is 4. The lowest BCUT2D eigenvalue weighted by atomic mass is 10.2. The minimum atomic E-state index is 0.821. The topological polar surface area (TPSA) is 41.1 Å². The molecule has 0 amide bonds. The van der Waals surface area contributed by atoms with Gasteiger partial charge in [-0.2, -0.15) is 0 Å². The normalized spacial score (nSPS) is 10.3. The van der Waals surface area contributed by atoms with Crippen molar-refractivity contribution in [3.8, 4) is 0 Å². The smallest absolute Gasteiger partial charge is 0.136 e. The Bertz CT molecular complexity index is 351. The van der Waals surface area contributed by atoms with Gasteiger partial charge in [-0.3, -0.25) is 0 Å². The van der Waals surface area contributed by atoms with E-state index in [1.54, 1.807) is 6.33 Å². The van der Waals surface area contributed by atoms with Gasteiger partial charge in [0.05, 0.1) is 0 Å². The van der Waals surface area contributed by atoms with E-state index in [1.165, 1.54) is 0 Å². The van der Waals surface area contributed by atoms with E-state index in [4.69, 9.17) is 0 Å². The van der Waals surface area contributed by atoms with E-state index in [2.05, 4.69) is 40.6 Å². The molecule has 1 aromatic heterocycles. The Morgan fingerprint density at radius 2 is 2.22 bits per heavy atom. The van der Waals surface area contributed by atoms with Crippen molar-refractivity contribution in [3.05, 3.63) is 30.7 Å². The predicted molar refractivity (Wildman–Crippen MR) is 76.7 cm³/mol. The highest BCUT2D eigenvalue weighted by Crippen LogP contribution is 2.16. The Morgan fingerprint density at radius 3 is 2.89 bits per heavy atom. The summed E-state index contributed by atoms with van der Waals surface area (Å²) in [5.41, 5.74) is 1.15. The van der Waals surface area contributed by atoms with E-state index in [0.29, 0.717) is 0 Å². The van der Waals surface area contributed by atoms with Crippen molar-refractivity contribution >= 4 is 5.82 Å². The number of aromatic nitrogens is 2. The molecule has 1 N–H and O–H groups in total. The lowest BCUT2D eigenvalue weighted by Crippen LogP contribution is -2.27. The Balaban J connectivity index is 2.80. The third kappa shape index (κ3) is 4.45. The molecule has 0 aromatic carbocycles. The van der Waals surface area contributed by atoms with Crippen LogP contribution in [0, 0.1) is 0 Å². The third-order valence-corrected chi connectivity index (χ3v) is 2.65. The summed E-state index contributed by atoms with van der Waals surface area (Å²) >= 11 is 0. The number of hydrogen-bond donors (Lipinski definition) is 1. The van der Waals surface area contributed by atoms with Crippen LogP contribution in [0.1, 0.15) is 32.3 Å². The van der Waals surface area contributed by atoms with Gasteiger partial charge >= 0.3 is 0 Å². The summed E-state index contributed by atoms with van der Waals surface area (Å²) in [5, 5.41) is 3.40. The molecule has 4 heteroatoms. The van der Waals surface area contributed by atoms with Crippen LogP contribution in [0.4, 0.5) is 5.82 Å². The molecule has 0 atom stereocenters. The van der Waals surface area contributed by atoms with Crippen LogP contribution in [0.15, 0.2) is 25.2 Å². The van der Waals surface area contributed by atoms with E-state index < -0.39 is 0 Å². The second-order valence-corrected chi connectivity index (χ2v) is 4.28. The molecule has 0 unspecified atom stereocenters. The van der Waals surface area contributed by atoms with Gasteiger partial charge in [-0.05, 0) is 19.4 Å². The van der Waals surface area contributed by atoms with E-state index in [1.807, 2.05) is 12.3 Å². The van der Waals surface area contributed by atoms with Crippen LogP contribution in [-0.2, 0) is 6.54 Å². The van der Waals surface area contributed by atoms with Gasteiger partial charge in [-0.15, -0.1) is 6.58 Å². The Hall–Kier alpha value is -1.42. The molecule has 0 spiro atoms. The molecular weight excluding hydrogens is 224 g/mol. The first-order valence-electron chi connectivity index (χ1n) is 6.68. The minimum Gasteiger partial charge on any atom is -0.353 e. The molecule has 0 bridgehead atoms. The van der Waals surface area contributed by atoms with E-state index >= 15 is 0 Å². The SMILES string of the molecule is C=CCN(CCC)c1ncncc1CNCCC. The van der Waals surface area contributed by atoms with Gasteiger partial charge in [0.2, 0.25) is 0 Å². The van der Waals surface area contributed by atoms with Crippen LogP contribution in [-0.4, -0.2) is 29.6 Å². The van der Waals surface area contributed by atoms with Gasteiger partial charge in [0.1, 0.15) is 12.1 Å². The van der Waals surface area contributed by atoms with E-state index in [-0.39, 0.29) is 0 Å². The summed E-state index contributed by atoms with van der Waals surface area (Å²) in [7, 11) is 0. The second-order valence-electron chi connectivity index (χ2n) is 4.28. The molecule has 0 radical (unpaired) electrons. The van der Waals surface area contributed by atoms with Gasteiger partial charge in [0, 0.05) is 31.4 Å². The molecule has 100 valence electrons. The highest BCUT2D eigenvalue weighted by Gasteiger charge is 2.10. The molecule has 1 aromatic rings. The maximum absolute atomic E-state index is 4.42. The average molecular weight is 248 g/mol. The van der Waals surface area contributed by atoms with Crippen molar-refractivity contribution < 1.29 is 0 Å². The standard InChI is InChI=1S/C14H24N4/c1-4-7-15-10-13-11-16-12-17-14(13)18(8-5-2)9-6-3/h5,11-12,15H,2,4,6-10H2,1,3H3. The van der Waals surface area contributed by atoms with Crippen LogP contribution in [0.5, 0.6) is 0 Å². The van der Waals surface area contributed by atoms with Gasteiger partial charge in [0.15, 0.2) is 0 Å². The Labute approximate surface area is 110 Å². The average Bonchev–Trinajstić information content (AvgIpc) is 2.39. The van der Waals surface area contributed by atoms with Crippen molar-refractivity contribution in [2.75, 3.05) is 24.5 Å². The van der Waals surface area contributed by atoms with Crippen molar-refractivity contribution in [1.82, 2.24) is 15.3 Å². The zero-order valence-electron chi connectivity index (χ0n) is 11.5. The Kier molecular flexibility index (Phi) is 7.03. The lowest BCUT2D eigenvalue weighted by Gasteiger charge is -2.23. The van der Waals surface area contributed by atoms with Crippen molar-refractivity contribution in [1.29, 1.82) is 0 Å². The first-order chi connectivity index (χ1) is 8.83. The van der Waals surface area contributed by atoms with Gasteiger partial charge < -0.3 is 10.2 Å². The molecule has 0 aliphatic carbocycles. The summed E-state index contributed by atoms with van der Waals surface area (Å²) < 4.78 is 0. The first kappa shape index (κ1) is 14.6. The zero-order chi connectivity index (χ0) is 13.2. The van der Waals surface area contributed by atoms with Gasteiger partial charge in [-0.25, -0.2) is 9.97 Å². The fourth-order valence-electron chi connectivity index (χ4n) is 1.87. The summed E-state index contributed by atoms with van der Waals surface area (Å²) in [4.78, 5) is 10.8. The maximum Gasteiger partial charge on any atom is 0.136 e. The third-order valence-electron chi connectivity index (χ3n) is 2.65. The molecule has 0 saturated heterocycles.